The van der Waals surface area contributed by atoms with Gasteiger partial charge in [0.15, 0.2) is 0 Å². The molecule has 0 unspecified atom stereocenters. The van der Waals surface area contributed by atoms with Gasteiger partial charge in [-0.1, -0.05) is 6.92 Å². The van der Waals surface area contributed by atoms with E-state index in [1.165, 1.54) is 12.1 Å². The predicted molar refractivity (Wildman–Crippen MR) is 77.2 cm³/mol. The minimum absolute atomic E-state index is 0.0781. The molecule has 4 heteroatoms. The second-order valence-electron chi connectivity index (χ2n) is 6.20. The van der Waals surface area contributed by atoms with Crippen LogP contribution in [0.5, 0.6) is 0 Å². The van der Waals surface area contributed by atoms with Gasteiger partial charge < -0.3 is 5.73 Å². The zero-order valence-electron chi connectivity index (χ0n) is 12.3. The van der Waals surface area contributed by atoms with Gasteiger partial charge in [-0.25, -0.2) is 8.78 Å². The molecule has 0 aromatic heterocycles. The minimum Gasteiger partial charge on any atom is -0.329 e. The predicted octanol–water partition coefficient (Wildman–Crippen LogP) is 3.30. The Balaban J connectivity index is 2.13. The average Bonchev–Trinajstić information content (AvgIpc) is 2.44. The molecular weight excluding hydrogens is 258 g/mol. The van der Waals surface area contributed by atoms with Crippen LogP contribution in [0.2, 0.25) is 0 Å². The quantitative estimate of drug-likeness (QED) is 0.918. The molecule has 1 aliphatic rings. The number of hydrogen-bond acceptors (Lipinski definition) is 2. The minimum atomic E-state index is -0.395. The summed E-state index contributed by atoms with van der Waals surface area (Å²) in [6.07, 6.45) is 4.34. The van der Waals surface area contributed by atoms with Crippen molar-refractivity contribution in [3.63, 3.8) is 0 Å². The van der Waals surface area contributed by atoms with E-state index in [2.05, 4.69) is 11.8 Å². The van der Waals surface area contributed by atoms with Crippen molar-refractivity contribution < 1.29 is 8.78 Å². The lowest BCUT2D eigenvalue weighted by atomic mass is 9.76. The van der Waals surface area contributed by atoms with Crippen molar-refractivity contribution in [1.29, 1.82) is 0 Å². The van der Waals surface area contributed by atoms with E-state index in [0.29, 0.717) is 18.7 Å². The maximum Gasteiger partial charge on any atom is 0.127 e. The van der Waals surface area contributed by atoms with Gasteiger partial charge in [0.05, 0.1) is 0 Å². The lowest BCUT2D eigenvalue weighted by Crippen LogP contribution is -2.53. The molecule has 0 heterocycles. The third kappa shape index (κ3) is 3.18. The van der Waals surface area contributed by atoms with Gasteiger partial charge in [-0.05, 0) is 56.8 Å². The second kappa shape index (κ2) is 6.19. The first-order chi connectivity index (χ1) is 9.47. The maximum absolute atomic E-state index is 13.8. The summed E-state index contributed by atoms with van der Waals surface area (Å²) >= 11 is 0. The molecule has 1 saturated carbocycles. The van der Waals surface area contributed by atoms with Crippen molar-refractivity contribution in [2.75, 3.05) is 13.6 Å². The summed E-state index contributed by atoms with van der Waals surface area (Å²) in [6, 6.07) is 3.62. The first kappa shape index (κ1) is 15.4. The molecule has 2 rings (SSSR count). The van der Waals surface area contributed by atoms with E-state index in [1.807, 2.05) is 7.05 Å². The van der Waals surface area contributed by atoms with Crippen LogP contribution in [0.15, 0.2) is 18.2 Å². The summed E-state index contributed by atoms with van der Waals surface area (Å²) in [4.78, 5) is 2.11. The van der Waals surface area contributed by atoms with Crippen LogP contribution in [0.1, 0.15) is 38.2 Å². The number of rotatable bonds is 4. The Labute approximate surface area is 120 Å². The SMILES string of the molecule is CC1CCC(CN)(N(C)Cc2cc(F)ccc2F)CC1. The fraction of sp³-hybridized carbons (Fsp3) is 0.625. The molecule has 0 aliphatic heterocycles. The Hall–Kier alpha value is -1.00. The number of halogens is 2. The first-order valence-corrected chi connectivity index (χ1v) is 7.32. The Morgan fingerprint density at radius 3 is 2.55 bits per heavy atom. The molecule has 0 saturated heterocycles. The molecule has 0 spiro atoms. The number of hydrogen-bond donors (Lipinski definition) is 1. The van der Waals surface area contributed by atoms with Gasteiger partial charge in [0.2, 0.25) is 0 Å². The van der Waals surface area contributed by atoms with Gasteiger partial charge in [0, 0.05) is 24.2 Å². The summed E-state index contributed by atoms with van der Waals surface area (Å²) in [6.45, 7) is 3.22. The average molecular weight is 282 g/mol. The topological polar surface area (TPSA) is 29.3 Å². The molecule has 2 N–H and O–H groups in total. The smallest absolute Gasteiger partial charge is 0.127 e. The van der Waals surface area contributed by atoms with Crippen molar-refractivity contribution in [3.05, 3.63) is 35.4 Å². The van der Waals surface area contributed by atoms with E-state index < -0.39 is 5.82 Å². The van der Waals surface area contributed by atoms with Crippen LogP contribution in [0.25, 0.3) is 0 Å². The van der Waals surface area contributed by atoms with E-state index in [4.69, 9.17) is 5.73 Å². The van der Waals surface area contributed by atoms with Crippen LogP contribution in [0, 0.1) is 17.6 Å². The Morgan fingerprint density at radius 2 is 1.95 bits per heavy atom. The van der Waals surface area contributed by atoms with Crippen LogP contribution < -0.4 is 5.73 Å². The summed E-state index contributed by atoms with van der Waals surface area (Å²) < 4.78 is 27.0. The van der Waals surface area contributed by atoms with Crippen LogP contribution in [0.4, 0.5) is 8.78 Å². The van der Waals surface area contributed by atoms with Gasteiger partial charge in [0.1, 0.15) is 11.6 Å². The normalized spacial score (nSPS) is 27.0. The highest BCUT2D eigenvalue weighted by atomic mass is 19.1. The second-order valence-corrected chi connectivity index (χ2v) is 6.20. The Kier molecular flexibility index (Phi) is 4.76. The van der Waals surface area contributed by atoms with E-state index in [0.717, 1.165) is 37.7 Å². The largest absolute Gasteiger partial charge is 0.329 e. The van der Waals surface area contributed by atoms with Gasteiger partial charge in [-0.15, -0.1) is 0 Å². The third-order valence-corrected chi connectivity index (χ3v) is 4.81. The Bertz CT molecular complexity index is 454. The summed E-state index contributed by atoms with van der Waals surface area (Å²) in [5, 5.41) is 0. The van der Waals surface area contributed by atoms with Crippen LogP contribution in [-0.4, -0.2) is 24.0 Å². The highest BCUT2D eigenvalue weighted by Gasteiger charge is 2.36. The number of benzene rings is 1. The molecule has 1 aliphatic carbocycles. The van der Waals surface area contributed by atoms with Crippen molar-refractivity contribution in [2.45, 2.75) is 44.7 Å². The summed E-state index contributed by atoms with van der Waals surface area (Å²) in [7, 11) is 1.97. The van der Waals surface area contributed by atoms with Gasteiger partial charge in [0.25, 0.3) is 0 Å². The molecule has 0 amide bonds. The van der Waals surface area contributed by atoms with Crippen LogP contribution >= 0.6 is 0 Å². The Morgan fingerprint density at radius 1 is 1.30 bits per heavy atom. The third-order valence-electron chi connectivity index (χ3n) is 4.81. The van der Waals surface area contributed by atoms with E-state index in [9.17, 15) is 8.78 Å². The van der Waals surface area contributed by atoms with Gasteiger partial charge in [-0.3, -0.25) is 4.90 Å². The van der Waals surface area contributed by atoms with Crippen molar-refractivity contribution in [1.82, 2.24) is 4.90 Å². The van der Waals surface area contributed by atoms with E-state index >= 15 is 0 Å². The van der Waals surface area contributed by atoms with Crippen LogP contribution in [-0.2, 0) is 6.54 Å². The molecule has 2 nitrogen and oxygen atoms in total. The number of nitrogens with two attached hydrogens (primary N) is 1. The van der Waals surface area contributed by atoms with Crippen LogP contribution in [0.3, 0.4) is 0 Å². The maximum atomic E-state index is 13.8. The van der Waals surface area contributed by atoms with E-state index in [-0.39, 0.29) is 11.4 Å². The number of nitrogens with zero attached hydrogens (tertiary/aromatic N) is 1. The molecule has 0 bridgehead atoms. The van der Waals surface area contributed by atoms with Gasteiger partial charge in [-0.2, -0.15) is 0 Å². The van der Waals surface area contributed by atoms with Crippen molar-refractivity contribution >= 4 is 0 Å². The fourth-order valence-corrected chi connectivity index (χ4v) is 3.13. The van der Waals surface area contributed by atoms with Crippen molar-refractivity contribution in [2.24, 2.45) is 11.7 Å². The van der Waals surface area contributed by atoms with Gasteiger partial charge >= 0.3 is 0 Å². The highest BCUT2D eigenvalue weighted by molar-refractivity contribution is 5.19. The molecule has 112 valence electrons. The zero-order chi connectivity index (χ0) is 14.8. The summed E-state index contributed by atoms with van der Waals surface area (Å²) in [5.41, 5.74) is 6.32. The molecule has 1 aromatic rings. The monoisotopic (exact) mass is 282 g/mol. The fourth-order valence-electron chi connectivity index (χ4n) is 3.13. The molecular formula is C16H24F2N2. The zero-order valence-corrected chi connectivity index (χ0v) is 12.3. The lowest BCUT2D eigenvalue weighted by molar-refractivity contribution is 0.0607. The van der Waals surface area contributed by atoms with E-state index in [1.54, 1.807) is 0 Å². The lowest BCUT2D eigenvalue weighted by Gasteiger charge is -2.45. The first-order valence-electron chi connectivity index (χ1n) is 7.32. The molecule has 0 radical (unpaired) electrons. The number of likely N-dealkylation sites (N-methyl/N-ethyl adjacent to an activating group) is 1. The highest BCUT2D eigenvalue weighted by Crippen LogP contribution is 2.36. The molecule has 1 fully saturated rings. The molecule has 20 heavy (non-hydrogen) atoms. The molecule has 0 atom stereocenters. The van der Waals surface area contributed by atoms with Crippen molar-refractivity contribution in [3.8, 4) is 0 Å². The molecule has 1 aromatic carbocycles. The standard InChI is InChI=1S/C16H24F2N2/c1-12-5-7-16(11-19,8-6-12)20(2)10-13-9-14(17)3-4-15(13)18/h3-4,9,12H,5-8,10-11,19H2,1-2H3. The summed E-state index contributed by atoms with van der Waals surface area (Å²) in [5.74, 6) is -0.0163.